The molecule has 0 amide bonds. The third kappa shape index (κ3) is 4.49. The summed E-state index contributed by atoms with van der Waals surface area (Å²) in [6, 6.07) is 0. The Hall–Kier alpha value is -0.610. The van der Waals surface area contributed by atoms with Crippen LogP contribution in [0.5, 0.6) is 0 Å². The fraction of sp³-hybridized carbons (Fsp3) is 0.917. The van der Waals surface area contributed by atoms with Gasteiger partial charge in [-0.1, -0.05) is 13.3 Å². The van der Waals surface area contributed by atoms with E-state index in [1.807, 2.05) is 0 Å². The fourth-order valence-corrected chi connectivity index (χ4v) is 2.24. The molecule has 4 nitrogen and oxygen atoms in total. The lowest BCUT2D eigenvalue weighted by molar-refractivity contribution is -0.158. The first-order valence-electron chi connectivity index (χ1n) is 6.25. The van der Waals surface area contributed by atoms with Gasteiger partial charge in [-0.2, -0.15) is 0 Å². The van der Waals surface area contributed by atoms with Crippen molar-refractivity contribution in [3.8, 4) is 0 Å². The highest BCUT2D eigenvalue weighted by Gasteiger charge is 2.26. The van der Waals surface area contributed by atoms with E-state index in [9.17, 15) is 4.79 Å². The molecule has 94 valence electrons. The van der Waals surface area contributed by atoms with Gasteiger partial charge in [-0.05, 0) is 31.6 Å². The predicted octanol–water partition coefficient (Wildman–Crippen LogP) is 1.47. The highest BCUT2D eigenvalue weighted by atomic mass is 16.6. The average Bonchev–Trinajstić information content (AvgIpc) is 2.30. The SMILES string of the molecule is CCC1CCCCC1OC(=O)COCCN. The van der Waals surface area contributed by atoms with Gasteiger partial charge in [0.1, 0.15) is 12.7 Å². The van der Waals surface area contributed by atoms with Crippen LogP contribution in [-0.2, 0) is 14.3 Å². The van der Waals surface area contributed by atoms with E-state index in [4.69, 9.17) is 15.2 Å². The number of hydrogen-bond donors (Lipinski definition) is 1. The van der Waals surface area contributed by atoms with Crippen LogP contribution in [0.2, 0.25) is 0 Å². The van der Waals surface area contributed by atoms with Gasteiger partial charge < -0.3 is 15.2 Å². The van der Waals surface area contributed by atoms with E-state index in [1.54, 1.807) is 0 Å². The zero-order valence-electron chi connectivity index (χ0n) is 10.1. The average molecular weight is 229 g/mol. The van der Waals surface area contributed by atoms with E-state index in [-0.39, 0.29) is 18.7 Å². The molecule has 0 aromatic rings. The van der Waals surface area contributed by atoms with Gasteiger partial charge in [0.15, 0.2) is 0 Å². The summed E-state index contributed by atoms with van der Waals surface area (Å²) in [5.74, 6) is 0.283. The minimum absolute atomic E-state index is 0.0319. The molecule has 1 saturated carbocycles. The lowest BCUT2D eigenvalue weighted by Crippen LogP contribution is -2.31. The third-order valence-corrected chi connectivity index (χ3v) is 3.13. The van der Waals surface area contributed by atoms with Gasteiger partial charge in [0, 0.05) is 6.54 Å². The van der Waals surface area contributed by atoms with Crippen molar-refractivity contribution in [1.29, 1.82) is 0 Å². The van der Waals surface area contributed by atoms with Gasteiger partial charge in [-0.25, -0.2) is 4.79 Å². The molecule has 16 heavy (non-hydrogen) atoms. The molecule has 1 aliphatic carbocycles. The lowest BCUT2D eigenvalue weighted by Gasteiger charge is -2.30. The minimum atomic E-state index is -0.251. The molecular weight excluding hydrogens is 206 g/mol. The summed E-state index contributed by atoms with van der Waals surface area (Å²) in [6.07, 6.45) is 5.79. The molecule has 4 heteroatoms. The number of rotatable bonds is 6. The number of carbonyl (C=O) groups is 1. The number of hydrogen-bond acceptors (Lipinski definition) is 4. The van der Waals surface area contributed by atoms with Gasteiger partial charge in [0.2, 0.25) is 0 Å². The molecular formula is C12H23NO3. The predicted molar refractivity (Wildman–Crippen MR) is 62.0 cm³/mol. The van der Waals surface area contributed by atoms with Gasteiger partial charge in [0.05, 0.1) is 6.61 Å². The summed E-state index contributed by atoms with van der Waals surface area (Å²) < 4.78 is 10.5. The Morgan fingerprint density at radius 3 is 2.81 bits per heavy atom. The van der Waals surface area contributed by atoms with Crippen LogP contribution in [0, 0.1) is 5.92 Å². The lowest BCUT2D eigenvalue weighted by atomic mass is 9.85. The van der Waals surface area contributed by atoms with Crippen molar-refractivity contribution in [3.05, 3.63) is 0 Å². The summed E-state index contributed by atoms with van der Waals surface area (Å²) in [6.45, 7) is 3.04. The van der Waals surface area contributed by atoms with Crippen molar-refractivity contribution >= 4 is 5.97 Å². The number of ether oxygens (including phenoxy) is 2. The van der Waals surface area contributed by atoms with Crippen molar-refractivity contribution in [3.63, 3.8) is 0 Å². The summed E-state index contributed by atoms with van der Waals surface area (Å²) in [4.78, 5) is 11.5. The van der Waals surface area contributed by atoms with Crippen LogP contribution in [0.15, 0.2) is 0 Å². The van der Waals surface area contributed by atoms with Crippen LogP contribution >= 0.6 is 0 Å². The Morgan fingerprint density at radius 2 is 2.12 bits per heavy atom. The molecule has 1 rings (SSSR count). The van der Waals surface area contributed by atoms with E-state index in [1.165, 1.54) is 12.8 Å². The Balaban J connectivity index is 2.25. The fourth-order valence-electron chi connectivity index (χ4n) is 2.24. The molecule has 0 heterocycles. The van der Waals surface area contributed by atoms with Crippen LogP contribution in [0.4, 0.5) is 0 Å². The second kappa shape index (κ2) is 7.63. The normalized spacial score (nSPS) is 25.4. The first-order chi connectivity index (χ1) is 7.77. The number of carbonyl (C=O) groups excluding carboxylic acids is 1. The maximum absolute atomic E-state index is 11.5. The second-order valence-electron chi connectivity index (χ2n) is 4.32. The van der Waals surface area contributed by atoms with E-state index >= 15 is 0 Å². The summed E-state index contributed by atoms with van der Waals surface area (Å²) in [5, 5.41) is 0. The molecule has 1 fully saturated rings. The monoisotopic (exact) mass is 229 g/mol. The van der Waals surface area contributed by atoms with Crippen LogP contribution in [0.25, 0.3) is 0 Å². The molecule has 0 aliphatic heterocycles. The summed E-state index contributed by atoms with van der Waals surface area (Å²) in [5.41, 5.74) is 5.27. The molecule has 1 aliphatic rings. The standard InChI is InChI=1S/C12H23NO3/c1-2-10-5-3-4-6-11(10)16-12(14)9-15-8-7-13/h10-11H,2-9,13H2,1H3. The molecule has 0 bridgehead atoms. The molecule has 0 saturated heterocycles. The Kier molecular flexibility index (Phi) is 6.42. The number of esters is 1. The van der Waals surface area contributed by atoms with Gasteiger partial charge >= 0.3 is 5.97 Å². The molecule has 0 spiro atoms. The molecule has 0 aromatic heterocycles. The van der Waals surface area contributed by atoms with E-state index < -0.39 is 0 Å². The second-order valence-corrected chi connectivity index (χ2v) is 4.32. The van der Waals surface area contributed by atoms with E-state index in [0.29, 0.717) is 19.1 Å². The maximum Gasteiger partial charge on any atom is 0.332 e. The Labute approximate surface area is 97.5 Å². The zero-order chi connectivity index (χ0) is 11.8. The quantitative estimate of drug-likeness (QED) is 0.553. The molecule has 0 radical (unpaired) electrons. The van der Waals surface area contributed by atoms with Gasteiger partial charge in [-0.3, -0.25) is 0 Å². The molecule has 0 aromatic carbocycles. The first kappa shape index (κ1) is 13.5. The van der Waals surface area contributed by atoms with Gasteiger partial charge in [0.25, 0.3) is 0 Å². The smallest absolute Gasteiger partial charge is 0.332 e. The minimum Gasteiger partial charge on any atom is -0.460 e. The van der Waals surface area contributed by atoms with Crippen molar-refractivity contribution in [2.75, 3.05) is 19.8 Å². The zero-order valence-corrected chi connectivity index (χ0v) is 10.1. The highest BCUT2D eigenvalue weighted by Crippen LogP contribution is 2.29. The van der Waals surface area contributed by atoms with Crippen LogP contribution in [0.1, 0.15) is 39.0 Å². The Bertz CT molecular complexity index is 208. The van der Waals surface area contributed by atoms with E-state index in [2.05, 4.69) is 6.92 Å². The van der Waals surface area contributed by atoms with Crippen LogP contribution < -0.4 is 5.73 Å². The van der Waals surface area contributed by atoms with Crippen molar-refractivity contribution < 1.29 is 14.3 Å². The molecule has 2 atom stereocenters. The van der Waals surface area contributed by atoms with Gasteiger partial charge in [-0.15, -0.1) is 0 Å². The van der Waals surface area contributed by atoms with Crippen LogP contribution in [-0.4, -0.2) is 31.8 Å². The highest BCUT2D eigenvalue weighted by molar-refractivity contribution is 5.70. The number of nitrogens with two attached hydrogens (primary N) is 1. The summed E-state index contributed by atoms with van der Waals surface area (Å²) in [7, 11) is 0. The molecule has 2 N–H and O–H groups in total. The van der Waals surface area contributed by atoms with Crippen molar-refractivity contribution in [2.24, 2.45) is 11.7 Å². The van der Waals surface area contributed by atoms with Crippen LogP contribution in [0.3, 0.4) is 0 Å². The van der Waals surface area contributed by atoms with E-state index in [0.717, 1.165) is 19.3 Å². The largest absolute Gasteiger partial charge is 0.460 e. The van der Waals surface area contributed by atoms with Crippen molar-refractivity contribution in [1.82, 2.24) is 0 Å². The summed E-state index contributed by atoms with van der Waals surface area (Å²) >= 11 is 0. The Morgan fingerprint density at radius 1 is 1.38 bits per heavy atom. The third-order valence-electron chi connectivity index (χ3n) is 3.13. The maximum atomic E-state index is 11.5. The topological polar surface area (TPSA) is 61.5 Å². The first-order valence-corrected chi connectivity index (χ1v) is 6.25. The van der Waals surface area contributed by atoms with Crippen molar-refractivity contribution in [2.45, 2.75) is 45.1 Å². The molecule has 2 unspecified atom stereocenters.